The summed E-state index contributed by atoms with van der Waals surface area (Å²) in [6.45, 7) is 4.92. The van der Waals surface area contributed by atoms with Crippen molar-refractivity contribution in [2.45, 2.75) is 38.5 Å². The molecule has 4 nitrogen and oxygen atoms in total. The van der Waals surface area contributed by atoms with Crippen LogP contribution >= 0.6 is 0 Å². The predicted molar refractivity (Wildman–Crippen MR) is 87.6 cm³/mol. The second-order valence-corrected chi connectivity index (χ2v) is 6.03. The minimum Gasteiger partial charge on any atom is -0.377 e. The molecule has 118 valence electrons. The maximum absolute atomic E-state index is 6.00. The molecule has 2 aromatic rings. The second-order valence-electron chi connectivity index (χ2n) is 6.03. The fourth-order valence-electron chi connectivity index (χ4n) is 3.40. The number of likely N-dealkylation sites (tertiary alicyclic amines) is 1. The van der Waals surface area contributed by atoms with Gasteiger partial charge in [-0.25, -0.2) is 0 Å². The van der Waals surface area contributed by atoms with Crippen LogP contribution in [-0.2, 0) is 24.8 Å². The van der Waals surface area contributed by atoms with Gasteiger partial charge in [0.2, 0.25) is 0 Å². The van der Waals surface area contributed by atoms with E-state index in [1.54, 1.807) is 0 Å². The van der Waals surface area contributed by atoms with Gasteiger partial charge in [0.1, 0.15) is 0 Å². The van der Waals surface area contributed by atoms with Crippen LogP contribution in [-0.4, -0.2) is 40.0 Å². The molecular weight excluding hydrogens is 274 g/mol. The van der Waals surface area contributed by atoms with Crippen molar-refractivity contribution in [3.8, 4) is 0 Å². The zero-order valence-electron chi connectivity index (χ0n) is 13.5. The Morgan fingerprint density at radius 3 is 2.73 bits per heavy atom. The summed E-state index contributed by atoms with van der Waals surface area (Å²) in [5.74, 6) is 0. The molecule has 0 spiro atoms. The molecule has 0 unspecified atom stereocenters. The van der Waals surface area contributed by atoms with E-state index in [0.717, 1.165) is 32.5 Å². The molecule has 2 heterocycles. The minimum absolute atomic E-state index is 0.335. The summed E-state index contributed by atoms with van der Waals surface area (Å²) in [5, 5.41) is 4.28. The molecule has 22 heavy (non-hydrogen) atoms. The first-order valence-corrected chi connectivity index (χ1v) is 8.13. The van der Waals surface area contributed by atoms with E-state index in [4.69, 9.17) is 4.74 Å². The first kappa shape index (κ1) is 15.3. The predicted octanol–water partition coefficient (Wildman–Crippen LogP) is 2.64. The van der Waals surface area contributed by atoms with Gasteiger partial charge < -0.3 is 4.74 Å². The van der Waals surface area contributed by atoms with Crippen LogP contribution in [0, 0.1) is 0 Å². The highest BCUT2D eigenvalue weighted by molar-refractivity contribution is 5.17. The van der Waals surface area contributed by atoms with Crippen LogP contribution in [0.15, 0.2) is 42.7 Å². The third kappa shape index (κ3) is 3.57. The maximum Gasteiger partial charge on any atom is 0.0745 e. The first-order chi connectivity index (χ1) is 10.8. The summed E-state index contributed by atoms with van der Waals surface area (Å²) in [5.41, 5.74) is 2.66. The van der Waals surface area contributed by atoms with Crippen molar-refractivity contribution in [3.63, 3.8) is 0 Å². The van der Waals surface area contributed by atoms with Crippen molar-refractivity contribution >= 4 is 0 Å². The SMILES string of the molecule is CCO[C@@H]1CCN(Cc2cnn(C)c2)[C@@H]1Cc1ccccc1. The van der Waals surface area contributed by atoms with Crippen molar-refractivity contribution in [3.05, 3.63) is 53.9 Å². The molecule has 2 atom stereocenters. The number of nitrogens with zero attached hydrogens (tertiary/aromatic N) is 3. The fraction of sp³-hybridized carbons (Fsp3) is 0.500. The smallest absolute Gasteiger partial charge is 0.0745 e. The van der Waals surface area contributed by atoms with Gasteiger partial charge in [-0.1, -0.05) is 30.3 Å². The Balaban J connectivity index is 1.72. The average Bonchev–Trinajstić information content (AvgIpc) is 3.09. The van der Waals surface area contributed by atoms with Crippen LogP contribution in [0.4, 0.5) is 0 Å². The van der Waals surface area contributed by atoms with Crippen molar-refractivity contribution in [2.75, 3.05) is 13.2 Å². The van der Waals surface area contributed by atoms with Crippen LogP contribution in [0.2, 0.25) is 0 Å². The molecule has 0 bridgehead atoms. The molecule has 0 saturated carbocycles. The van der Waals surface area contributed by atoms with Gasteiger partial charge in [-0.3, -0.25) is 9.58 Å². The molecule has 1 fully saturated rings. The highest BCUT2D eigenvalue weighted by Gasteiger charge is 2.34. The van der Waals surface area contributed by atoms with Crippen LogP contribution in [0.5, 0.6) is 0 Å². The summed E-state index contributed by atoms with van der Waals surface area (Å²) in [7, 11) is 1.97. The lowest BCUT2D eigenvalue weighted by molar-refractivity contribution is 0.0331. The molecule has 1 aromatic carbocycles. The molecule has 1 aromatic heterocycles. The lowest BCUT2D eigenvalue weighted by Crippen LogP contribution is -2.37. The second kappa shape index (κ2) is 7.07. The summed E-state index contributed by atoms with van der Waals surface area (Å²) >= 11 is 0. The normalized spacial score (nSPS) is 22.3. The molecule has 3 rings (SSSR count). The molecule has 0 aliphatic carbocycles. The Hall–Kier alpha value is -1.65. The number of hydrogen-bond acceptors (Lipinski definition) is 3. The van der Waals surface area contributed by atoms with Gasteiger partial charge in [-0.05, 0) is 25.3 Å². The fourth-order valence-corrected chi connectivity index (χ4v) is 3.40. The molecule has 0 radical (unpaired) electrons. The Morgan fingerprint density at radius 1 is 1.23 bits per heavy atom. The Morgan fingerprint density at radius 2 is 2.05 bits per heavy atom. The third-order valence-corrected chi connectivity index (χ3v) is 4.41. The van der Waals surface area contributed by atoms with Crippen molar-refractivity contribution < 1.29 is 4.74 Å². The molecule has 4 heteroatoms. The molecule has 0 N–H and O–H groups in total. The van der Waals surface area contributed by atoms with E-state index >= 15 is 0 Å². The lowest BCUT2D eigenvalue weighted by atomic mass is 10.0. The lowest BCUT2D eigenvalue weighted by Gasteiger charge is -2.28. The molecule has 0 amide bonds. The third-order valence-electron chi connectivity index (χ3n) is 4.41. The number of ether oxygens (including phenoxy) is 1. The monoisotopic (exact) mass is 299 g/mol. The standard InChI is InChI=1S/C18H25N3O/c1-3-22-18-9-10-21(14-16-12-19-20(2)13-16)17(18)11-15-7-5-4-6-8-15/h4-8,12-13,17-18H,3,9-11,14H2,1-2H3/t17-,18-/m1/s1. The Kier molecular flexibility index (Phi) is 4.90. The van der Waals surface area contributed by atoms with Gasteiger partial charge in [-0.15, -0.1) is 0 Å². The van der Waals surface area contributed by atoms with E-state index in [1.807, 2.05) is 17.9 Å². The zero-order chi connectivity index (χ0) is 15.4. The summed E-state index contributed by atoms with van der Waals surface area (Å²) in [6, 6.07) is 11.2. The molecule has 1 aliphatic rings. The van der Waals surface area contributed by atoms with E-state index in [9.17, 15) is 0 Å². The van der Waals surface area contributed by atoms with Gasteiger partial charge in [-0.2, -0.15) is 5.10 Å². The topological polar surface area (TPSA) is 30.3 Å². The highest BCUT2D eigenvalue weighted by Crippen LogP contribution is 2.26. The van der Waals surface area contributed by atoms with Gasteiger partial charge >= 0.3 is 0 Å². The van der Waals surface area contributed by atoms with E-state index < -0.39 is 0 Å². The summed E-state index contributed by atoms with van der Waals surface area (Å²) < 4.78 is 7.87. The van der Waals surface area contributed by atoms with Gasteiger partial charge in [0, 0.05) is 44.5 Å². The number of aromatic nitrogens is 2. The first-order valence-electron chi connectivity index (χ1n) is 8.13. The number of rotatable bonds is 6. The van der Waals surface area contributed by atoms with Crippen molar-refractivity contribution in [1.82, 2.24) is 14.7 Å². The van der Waals surface area contributed by atoms with Crippen LogP contribution < -0.4 is 0 Å². The maximum atomic E-state index is 6.00. The van der Waals surface area contributed by atoms with E-state index in [0.29, 0.717) is 12.1 Å². The van der Waals surface area contributed by atoms with E-state index in [2.05, 4.69) is 53.5 Å². The van der Waals surface area contributed by atoms with E-state index in [1.165, 1.54) is 11.1 Å². The Bertz CT molecular complexity index is 581. The van der Waals surface area contributed by atoms with Crippen LogP contribution in [0.1, 0.15) is 24.5 Å². The van der Waals surface area contributed by atoms with Crippen molar-refractivity contribution in [2.24, 2.45) is 7.05 Å². The molecule has 1 aliphatic heterocycles. The number of benzene rings is 1. The zero-order valence-corrected chi connectivity index (χ0v) is 13.5. The Labute approximate surface area is 132 Å². The highest BCUT2D eigenvalue weighted by atomic mass is 16.5. The number of hydrogen-bond donors (Lipinski definition) is 0. The largest absolute Gasteiger partial charge is 0.377 e. The average molecular weight is 299 g/mol. The molecule has 1 saturated heterocycles. The van der Waals surface area contributed by atoms with Gasteiger partial charge in [0.05, 0.1) is 12.3 Å². The number of aryl methyl sites for hydroxylation is 1. The van der Waals surface area contributed by atoms with Gasteiger partial charge in [0.15, 0.2) is 0 Å². The van der Waals surface area contributed by atoms with E-state index in [-0.39, 0.29) is 0 Å². The molecular formula is C18H25N3O. The summed E-state index contributed by atoms with van der Waals surface area (Å²) in [4.78, 5) is 2.55. The van der Waals surface area contributed by atoms with Crippen LogP contribution in [0.3, 0.4) is 0 Å². The quantitative estimate of drug-likeness (QED) is 0.821. The minimum atomic E-state index is 0.335. The summed E-state index contributed by atoms with van der Waals surface area (Å²) in [6.07, 6.45) is 6.57. The van der Waals surface area contributed by atoms with Crippen molar-refractivity contribution in [1.29, 1.82) is 0 Å². The van der Waals surface area contributed by atoms with Crippen LogP contribution in [0.25, 0.3) is 0 Å². The van der Waals surface area contributed by atoms with Gasteiger partial charge in [0.25, 0.3) is 0 Å².